The van der Waals surface area contributed by atoms with Crippen molar-refractivity contribution in [2.75, 3.05) is 20.1 Å². The molecule has 0 radical (unpaired) electrons. The summed E-state index contributed by atoms with van der Waals surface area (Å²) in [6.45, 7) is 3.18. The van der Waals surface area contributed by atoms with Crippen molar-refractivity contribution in [3.8, 4) is 0 Å². The molecule has 1 aliphatic heterocycles. The number of carbonyl (C=O) groups is 2. The average Bonchev–Trinajstić information content (AvgIpc) is 2.66. The van der Waals surface area contributed by atoms with Gasteiger partial charge in [-0.15, -0.1) is 0 Å². The van der Waals surface area contributed by atoms with Gasteiger partial charge in [0.05, 0.1) is 5.54 Å². The van der Waals surface area contributed by atoms with Gasteiger partial charge in [0.2, 0.25) is 11.8 Å². The van der Waals surface area contributed by atoms with Gasteiger partial charge in [0.15, 0.2) is 0 Å². The largest absolute Gasteiger partial charge is 0.359 e. The summed E-state index contributed by atoms with van der Waals surface area (Å²) in [7, 11) is 1.59. The Bertz CT molecular complexity index is 247. The van der Waals surface area contributed by atoms with Crippen LogP contribution in [0.3, 0.4) is 0 Å². The molecule has 0 aromatic carbocycles. The molecule has 1 unspecified atom stereocenters. The Labute approximate surface area is 90.0 Å². The highest BCUT2D eigenvalue weighted by Crippen LogP contribution is 2.18. The van der Waals surface area contributed by atoms with Gasteiger partial charge in [0, 0.05) is 20.0 Å². The fourth-order valence-corrected chi connectivity index (χ4v) is 1.70. The van der Waals surface area contributed by atoms with Gasteiger partial charge in [0.25, 0.3) is 0 Å². The summed E-state index contributed by atoms with van der Waals surface area (Å²) in [5.74, 6) is -0.0660. The lowest BCUT2D eigenvalue weighted by Gasteiger charge is -2.22. The normalized spacial score (nSPS) is 24.9. The summed E-state index contributed by atoms with van der Waals surface area (Å²) >= 11 is 0. The molecule has 3 N–H and O–H groups in total. The highest BCUT2D eigenvalue weighted by atomic mass is 16.2. The smallest absolute Gasteiger partial charge is 0.240 e. The van der Waals surface area contributed by atoms with Crippen LogP contribution in [0.25, 0.3) is 0 Å². The first-order valence-electron chi connectivity index (χ1n) is 5.32. The van der Waals surface area contributed by atoms with E-state index in [0.717, 1.165) is 19.4 Å². The zero-order valence-electron chi connectivity index (χ0n) is 9.35. The lowest BCUT2D eigenvalue weighted by atomic mass is 9.99. The molecule has 86 valence electrons. The molecule has 1 heterocycles. The highest BCUT2D eigenvalue weighted by Gasteiger charge is 2.35. The Morgan fingerprint density at radius 2 is 2.20 bits per heavy atom. The van der Waals surface area contributed by atoms with E-state index in [1.165, 1.54) is 0 Å². The second-order valence-corrected chi connectivity index (χ2v) is 4.04. The minimum atomic E-state index is -0.442. The van der Waals surface area contributed by atoms with Gasteiger partial charge in [-0.2, -0.15) is 0 Å². The van der Waals surface area contributed by atoms with Crippen molar-refractivity contribution < 1.29 is 9.59 Å². The Morgan fingerprint density at radius 1 is 1.47 bits per heavy atom. The molecular formula is C10H19N3O2. The molecule has 0 saturated carbocycles. The Balaban J connectivity index is 2.26. The van der Waals surface area contributed by atoms with Crippen LogP contribution >= 0.6 is 0 Å². The number of hydrogen-bond acceptors (Lipinski definition) is 3. The highest BCUT2D eigenvalue weighted by molar-refractivity contribution is 5.86. The van der Waals surface area contributed by atoms with E-state index in [0.29, 0.717) is 13.0 Å². The first-order chi connectivity index (χ1) is 7.08. The maximum Gasteiger partial charge on any atom is 0.240 e. The minimum absolute atomic E-state index is 0.0103. The first-order valence-corrected chi connectivity index (χ1v) is 5.32. The summed E-state index contributed by atoms with van der Waals surface area (Å²) in [6.07, 6.45) is 2.22. The van der Waals surface area contributed by atoms with Gasteiger partial charge in [-0.1, -0.05) is 0 Å². The van der Waals surface area contributed by atoms with E-state index in [4.69, 9.17) is 0 Å². The van der Waals surface area contributed by atoms with Crippen molar-refractivity contribution in [3.05, 3.63) is 0 Å². The molecule has 2 amide bonds. The summed E-state index contributed by atoms with van der Waals surface area (Å²) in [6, 6.07) is 0. The molecular weight excluding hydrogens is 194 g/mol. The number of rotatable bonds is 4. The van der Waals surface area contributed by atoms with E-state index in [1.807, 2.05) is 6.92 Å². The van der Waals surface area contributed by atoms with Gasteiger partial charge in [0.1, 0.15) is 0 Å². The Kier molecular flexibility index (Phi) is 4.08. The molecule has 5 nitrogen and oxygen atoms in total. The molecule has 0 aliphatic carbocycles. The summed E-state index contributed by atoms with van der Waals surface area (Å²) in [4.78, 5) is 22.6. The molecule has 1 rings (SSSR count). The molecule has 5 heteroatoms. The monoisotopic (exact) mass is 213 g/mol. The third-order valence-electron chi connectivity index (χ3n) is 2.79. The number of carbonyl (C=O) groups excluding carboxylic acids is 2. The number of hydrogen-bond donors (Lipinski definition) is 3. The van der Waals surface area contributed by atoms with Gasteiger partial charge in [-0.3, -0.25) is 9.59 Å². The van der Waals surface area contributed by atoms with E-state index in [-0.39, 0.29) is 11.8 Å². The van der Waals surface area contributed by atoms with Gasteiger partial charge in [-0.25, -0.2) is 0 Å². The minimum Gasteiger partial charge on any atom is -0.359 e. The summed E-state index contributed by atoms with van der Waals surface area (Å²) in [5.41, 5.74) is -0.442. The van der Waals surface area contributed by atoms with Crippen molar-refractivity contribution in [2.45, 2.75) is 31.7 Å². The van der Waals surface area contributed by atoms with Crippen molar-refractivity contribution >= 4 is 11.8 Å². The second-order valence-electron chi connectivity index (χ2n) is 4.04. The van der Waals surface area contributed by atoms with Crippen LogP contribution in [0.5, 0.6) is 0 Å². The van der Waals surface area contributed by atoms with Crippen LogP contribution < -0.4 is 16.0 Å². The van der Waals surface area contributed by atoms with E-state index in [9.17, 15) is 9.59 Å². The third kappa shape index (κ3) is 3.20. The molecule has 15 heavy (non-hydrogen) atoms. The number of nitrogens with one attached hydrogen (secondary N) is 3. The van der Waals surface area contributed by atoms with Gasteiger partial charge < -0.3 is 16.0 Å². The Morgan fingerprint density at radius 3 is 2.73 bits per heavy atom. The van der Waals surface area contributed by atoms with Crippen molar-refractivity contribution in [3.63, 3.8) is 0 Å². The predicted octanol–water partition coefficient (Wildman–Crippen LogP) is -0.619. The van der Waals surface area contributed by atoms with E-state index >= 15 is 0 Å². The molecule has 1 atom stereocenters. The van der Waals surface area contributed by atoms with Crippen molar-refractivity contribution in [2.24, 2.45) is 0 Å². The zero-order chi connectivity index (χ0) is 11.3. The van der Waals surface area contributed by atoms with Crippen LogP contribution in [0.2, 0.25) is 0 Å². The SMILES string of the molecule is CNC(=O)CCNC(=O)C1(C)CCCN1. The van der Waals surface area contributed by atoms with Crippen LogP contribution in [0.15, 0.2) is 0 Å². The zero-order valence-corrected chi connectivity index (χ0v) is 9.35. The average molecular weight is 213 g/mol. The second kappa shape index (κ2) is 5.11. The van der Waals surface area contributed by atoms with Crippen molar-refractivity contribution in [1.29, 1.82) is 0 Å². The summed E-state index contributed by atoms with van der Waals surface area (Å²) in [5, 5.41) is 8.45. The predicted molar refractivity (Wildman–Crippen MR) is 57.3 cm³/mol. The maximum atomic E-state index is 11.7. The summed E-state index contributed by atoms with van der Waals surface area (Å²) < 4.78 is 0. The molecule has 1 fully saturated rings. The number of amides is 2. The van der Waals surface area contributed by atoms with Gasteiger partial charge >= 0.3 is 0 Å². The van der Waals surface area contributed by atoms with Crippen LogP contribution in [0.1, 0.15) is 26.2 Å². The van der Waals surface area contributed by atoms with E-state index in [2.05, 4.69) is 16.0 Å². The van der Waals surface area contributed by atoms with Crippen LogP contribution in [-0.2, 0) is 9.59 Å². The lowest BCUT2D eigenvalue weighted by molar-refractivity contribution is -0.126. The molecule has 0 spiro atoms. The molecule has 0 aromatic rings. The van der Waals surface area contributed by atoms with E-state index in [1.54, 1.807) is 7.05 Å². The van der Waals surface area contributed by atoms with Crippen LogP contribution in [0.4, 0.5) is 0 Å². The first kappa shape index (κ1) is 12.0. The van der Waals surface area contributed by atoms with E-state index < -0.39 is 5.54 Å². The van der Waals surface area contributed by atoms with Crippen molar-refractivity contribution in [1.82, 2.24) is 16.0 Å². The molecule has 0 aromatic heterocycles. The van der Waals surface area contributed by atoms with Crippen LogP contribution in [-0.4, -0.2) is 37.5 Å². The van der Waals surface area contributed by atoms with Gasteiger partial charge in [-0.05, 0) is 26.3 Å². The Hall–Kier alpha value is -1.10. The maximum absolute atomic E-state index is 11.7. The molecule has 1 aliphatic rings. The quantitative estimate of drug-likeness (QED) is 0.583. The molecule has 0 bridgehead atoms. The van der Waals surface area contributed by atoms with Crippen LogP contribution in [0, 0.1) is 0 Å². The molecule has 1 saturated heterocycles. The third-order valence-corrected chi connectivity index (χ3v) is 2.79. The fourth-order valence-electron chi connectivity index (χ4n) is 1.70. The topological polar surface area (TPSA) is 70.2 Å². The lowest BCUT2D eigenvalue weighted by Crippen LogP contribution is -2.51. The standard InChI is InChI=1S/C10H19N3O2/c1-10(5-3-6-13-10)9(15)12-7-4-8(14)11-2/h13H,3-7H2,1-2H3,(H,11,14)(H,12,15). The fraction of sp³-hybridized carbons (Fsp3) is 0.800.